The Morgan fingerprint density at radius 3 is 2.04 bits per heavy atom. The summed E-state index contributed by atoms with van der Waals surface area (Å²) < 4.78 is 0. The minimum Gasteiger partial charge on any atom is -0.322 e. The van der Waals surface area contributed by atoms with E-state index in [1.54, 1.807) is 0 Å². The van der Waals surface area contributed by atoms with Gasteiger partial charge in [0.1, 0.15) is 0 Å². The monoisotopic (exact) mass is 343 g/mol. The van der Waals surface area contributed by atoms with Crippen LogP contribution in [0.3, 0.4) is 0 Å². The van der Waals surface area contributed by atoms with Crippen LogP contribution in [0.4, 0.5) is 5.69 Å². The molecule has 0 atom stereocenters. The molecule has 0 aliphatic rings. The van der Waals surface area contributed by atoms with E-state index in [2.05, 4.69) is 50.4 Å². The van der Waals surface area contributed by atoms with Crippen molar-refractivity contribution in [2.24, 2.45) is 0 Å². The Bertz CT molecular complexity index is 900. The number of anilines is 1. The van der Waals surface area contributed by atoms with Crippen molar-refractivity contribution in [2.75, 3.05) is 5.32 Å². The summed E-state index contributed by atoms with van der Waals surface area (Å²) in [4.78, 5) is 12.8. The third-order valence-corrected chi connectivity index (χ3v) is 4.54. The Hall–Kier alpha value is -2.87. The minimum atomic E-state index is -0.0932. The van der Waals surface area contributed by atoms with E-state index >= 15 is 0 Å². The highest BCUT2D eigenvalue weighted by Gasteiger charge is 2.15. The van der Waals surface area contributed by atoms with Gasteiger partial charge in [-0.25, -0.2) is 0 Å². The fraction of sp³-hybridized carbons (Fsp3) is 0.208. The van der Waals surface area contributed by atoms with Gasteiger partial charge in [-0.2, -0.15) is 0 Å². The summed E-state index contributed by atoms with van der Waals surface area (Å²) in [5.41, 5.74) is 6.03. The van der Waals surface area contributed by atoms with Crippen molar-refractivity contribution in [1.82, 2.24) is 0 Å². The third kappa shape index (κ3) is 4.02. The molecule has 0 radical (unpaired) electrons. The van der Waals surface area contributed by atoms with Gasteiger partial charge in [0.25, 0.3) is 5.91 Å². The van der Waals surface area contributed by atoms with E-state index < -0.39 is 0 Å². The van der Waals surface area contributed by atoms with E-state index in [1.807, 2.05) is 55.5 Å². The smallest absolute Gasteiger partial charge is 0.256 e. The Labute approximate surface area is 155 Å². The number of rotatable bonds is 3. The lowest BCUT2D eigenvalue weighted by Crippen LogP contribution is -2.13. The second-order valence-electron chi connectivity index (χ2n) is 7.69. The van der Waals surface area contributed by atoms with Gasteiger partial charge >= 0.3 is 0 Å². The molecule has 2 nitrogen and oxygen atoms in total. The highest BCUT2D eigenvalue weighted by atomic mass is 16.1. The van der Waals surface area contributed by atoms with E-state index in [0.29, 0.717) is 5.56 Å². The summed E-state index contributed by atoms with van der Waals surface area (Å²) in [6.07, 6.45) is 0. The van der Waals surface area contributed by atoms with Gasteiger partial charge in [0.15, 0.2) is 0 Å². The van der Waals surface area contributed by atoms with Gasteiger partial charge < -0.3 is 5.32 Å². The number of carbonyl (C=O) groups is 1. The molecule has 0 unspecified atom stereocenters. The molecule has 0 fully saturated rings. The van der Waals surface area contributed by atoms with Gasteiger partial charge in [-0.1, -0.05) is 80.9 Å². The summed E-state index contributed by atoms with van der Waals surface area (Å²) in [5.74, 6) is -0.0932. The number of aryl methyl sites for hydroxylation is 1. The van der Waals surface area contributed by atoms with Crippen molar-refractivity contribution >= 4 is 11.6 Å². The SMILES string of the molecule is Cc1ccc(NC(=O)c2ccccc2-c2ccc(C(C)(C)C)cc2)cc1. The van der Waals surface area contributed by atoms with Crippen LogP contribution in [0.5, 0.6) is 0 Å². The standard InChI is InChI=1S/C24H25NO/c1-17-9-15-20(16-10-17)25-23(26)22-8-6-5-7-21(22)18-11-13-19(14-12-18)24(2,3)4/h5-16H,1-4H3,(H,25,26). The van der Waals surface area contributed by atoms with Crippen molar-refractivity contribution in [3.63, 3.8) is 0 Å². The number of hydrogen-bond donors (Lipinski definition) is 1. The van der Waals surface area contributed by atoms with Crippen molar-refractivity contribution < 1.29 is 4.79 Å². The number of amides is 1. The lowest BCUT2D eigenvalue weighted by Gasteiger charge is -2.19. The second-order valence-corrected chi connectivity index (χ2v) is 7.69. The summed E-state index contributed by atoms with van der Waals surface area (Å²) in [6.45, 7) is 8.63. The van der Waals surface area contributed by atoms with Crippen LogP contribution < -0.4 is 5.32 Å². The van der Waals surface area contributed by atoms with Gasteiger partial charge in [0.05, 0.1) is 0 Å². The molecule has 0 aliphatic carbocycles. The molecule has 0 saturated heterocycles. The maximum Gasteiger partial charge on any atom is 0.256 e. The topological polar surface area (TPSA) is 29.1 Å². The van der Waals surface area contributed by atoms with E-state index in [0.717, 1.165) is 16.8 Å². The Balaban J connectivity index is 1.90. The fourth-order valence-electron chi connectivity index (χ4n) is 2.92. The largest absolute Gasteiger partial charge is 0.322 e. The summed E-state index contributed by atoms with van der Waals surface area (Å²) >= 11 is 0. The van der Waals surface area contributed by atoms with Gasteiger partial charge in [-0.05, 0) is 47.2 Å². The highest BCUT2D eigenvalue weighted by molar-refractivity contribution is 6.08. The first-order valence-corrected chi connectivity index (χ1v) is 8.92. The van der Waals surface area contributed by atoms with Gasteiger partial charge in [-0.15, -0.1) is 0 Å². The number of hydrogen-bond acceptors (Lipinski definition) is 1. The maximum absolute atomic E-state index is 12.8. The molecule has 0 aromatic heterocycles. The van der Waals surface area contributed by atoms with E-state index in [-0.39, 0.29) is 11.3 Å². The maximum atomic E-state index is 12.8. The molecule has 0 aliphatic heterocycles. The predicted molar refractivity (Wildman–Crippen MR) is 110 cm³/mol. The Morgan fingerprint density at radius 1 is 0.808 bits per heavy atom. The van der Waals surface area contributed by atoms with Gasteiger partial charge in [0.2, 0.25) is 0 Å². The molecule has 3 rings (SSSR count). The normalized spacial score (nSPS) is 11.2. The van der Waals surface area contributed by atoms with Crippen LogP contribution in [-0.4, -0.2) is 5.91 Å². The van der Waals surface area contributed by atoms with Crippen LogP contribution in [0.25, 0.3) is 11.1 Å². The predicted octanol–water partition coefficient (Wildman–Crippen LogP) is 6.21. The zero-order valence-electron chi connectivity index (χ0n) is 15.8. The quantitative estimate of drug-likeness (QED) is 0.601. The second kappa shape index (κ2) is 7.17. The molecule has 3 aromatic carbocycles. The molecule has 26 heavy (non-hydrogen) atoms. The van der Waals surface area contributed by atoms with Gasteiger partial charge in [-0.3, -0.25) is 4.79 Å². The summed E-state index contributed by atoms with van der Waals surface area (Å²) in [6, 6.07) is 24.0. The number of nitrogens with one attached hydrogen (secondary N) is 1. The van der Waals surface area contributed by atoms with E-state index in [1.165, 1.54) is 11.1 Å². The van der Waals surface area contributed by atoms with Gasteiger partial charge in [0, 0.05) is 11.3 Å². The molecule has 132 valence electrons. The van der Waals surface area contributed by atoms with Crippen LogP contribution in [-0.2, 0) is 5.41 Å². The Morgan fingerprint density at radius 2 is 1.42 bits per heavy atom. The molecule has 0 spiro atoms. The average Bonchev–Trinajstić information content (AvgIpc) is 2.63. The van der Waals surface area contributed by atoms with Crippen molar-refractivity contribution in [3.05, 3.63) is 89.5 Å². The fourth-order valence-corrected chi connectivity index (χ4v) is 2.92. The van der Waals surface area contributed by atoms with Crippen LogP contribution in [0.15, 0.2) is 72.8 Å². The zero-order chi connectivity index (χ0) is 18.7. The minimum absolute atomic E-state index is 0.0932. The van der Waals surface area contributed by atoms with Crippen LogP contribution in [0.1, 0.15) is 42.3 Å². The molecule has 1 amide bonds. The van der Waals surface area contributed by atoms with E-state index in [9.17, 15) is 4.79 Å². The average molecular weight is 343 g/mol. The molecular weight excluding hydrogens is 318 g/mol. The lowest BCUT2D eigenvalue weighted by atomic mass is 9.86. The van der Waals surface area contributed by atoms with Crippen LogP contribution in [0.2, 0.25) is 0 Å². The first-order chi connectivity index (χ1) is 12.3. The Kier molecular flexibility index (Phi) is 4.94. The zero-order valence-corrected chi connectivity index (χ0v) is 15.8. The molecule has 0 heterocycles. The summed E-state index contributed by atoms with van der Waals surface area (Å²) in [7, 11) is 0. The lowest BCUT2D eigenvalue weighted by molar-refractivity contribution is 0.102. The molecule has 0 bridgehead atoms. The molecule has 1 N–H and O–H groups in total. The van der Waals surface area contributed by atoms with Crippen molar-refractivity contribution in [1.29, 1.82) is 0 Å². The highest BCUT2D eigenvalue weighted by Crippen LogP contribution is 2.28. The van der Waals surface area contributed by atoms with Crippen molar-refractivity contribution in [3.8, 4) is 11.1 Å². The van der Waals surface area contributed by atoms with Crippen LogP contribution in [0, 0.1) is 6.92 Å². The molecular formula is C24H25NO. The number of carbonyl (C=O) groups excluding carboxylic acids is 1. The van der Waals surface area contributed by atoms with E-state index in [4.69, 9.17) is 0 Å². The number of benzene rings is 3. The molecule has 0 saturated carbocycles. The molecule has 2 heteroatoms. The van der Waals surface area contributed by atoms with Crippen LogP contribution >= 0.6 is 0 Å². The third-order valence-electron chi connectivity index (χ3n) is 4.54. The molecule has 3 aromatic rings. The van der Waals surface area contributed by atoms with Crippen molar-refractivity contribution in [2.45, 2.75) is 33.1 Å². The summed E-state index contributed by atoms with van der Waals surface area (Å²) in [5, 5.41) is 2.99. The first-order valence-electron chi connectivity index (χ1n) is 8.92. The first kappa shape index (κ1) is 17.9.